The standard InChI is InChI=1S/C36H52N6O6/c1-24-21-42(25(2)23-43)35(46)27-15-12-18-30(34(27)48-31(24)22-41(3)36(47)38-26-13-6-4-7-14-26)40-33(45)20-9-5-8-19-32(44)39-29-17-11-10-16-28(29)37/h10-12,15-18,24-26,31,43H,4-9,13-14,19-23,37H2,1-3H3,(H,38,47)(H,39,44)(H,40,45)/t24-,25-,31-/m1/s1. The van der Waals surface area contributed by atoms with Gasteiger partial charge in [-0.3, -0.25) is 14.4 Å². The number of hydrogen-bond acceptors (Lipinski definition) is 7. The topological polar surface area (TPSA) is 166 Å². The van der Waals surface area contributed by atoms with E-state index >= 15 is 0 Å². The predicted octanol–water partition coefficient (Wildman–Crippen LogP) is 4.99. The number of carbonyl (C=O) groups is 4. The van der Waals surface area contributed by atoms with Crippen LogP contribution in [-0.2, 0) is 9.59 Å². The van der Waals surface area contributed by atoms with Gasteiger partial charge in [-0.1, -0.05) is 50.8 Å². The Balaban J connectivity index is 1.40. The number of unbranched alkanes of at least 4 members (excludes halogenated alkanes) is 2. The Hall–Kier alpha value is -4.32. The molecular formula is C36H52N6O6. The molecule has 262 valence electrons. The van der Waals surface area contributed by atoms with Gasteiger partial charge in [-0.15, -0.1) is 0 Å². The van der Waals surface area contributed by atoms with Crippen LogP contribution in [0, 0.1) is 5.92 Å². The first kappa shape index (κ1) is 36.5. The van der Waals surface area contributed by atoms with Crippen molar-refractivity contribution in [2.45, 2.75) is 96.2 Å². The number of fused-ring (bicyclic) bond motifs is 1. The SMILES string of the molecule is C[C@@H]1CN([C@H](C)CO)C(=O)c2cccc(NC(=O)CCCCCC(=O)Nc3ccccc3N)c2O[C@@H]1CN(C)C(=O)NC1CCCCC1. The van der Waals surface area contributed by atoms with Gasteiger partial charge in [0.2, 0.25) is 11.8 Å². The number of anilines is 3. The van der Waals surface area contributed by atoms with E-state index in [0.717, 1.165) is 25.7 Å². The quantitative estimate of drug-likeness (QED) is 0.149. The Bertz CT molecular complexity index is 1410. The van der Waals surface area contributed by atoms with E-state index in [2.05, 4.69) is 16.0 Å². The number of likely N-dealkylation sites (N-methyl/N-ethyl adjacent to an activating group) is 1. The third-order valence-corrected chi connectivity index (χ3v) is 9.24. The highest BCUT2D eigenvalue weighted by Gasteiger charge is 2.35. The van der Waals surface area contributed by atoms with Crippen LogP contribution in [0.3, 0.4) is 0 Å². The van der Waals surface area contributed by atoms with Gasteiger partial charge in [0.1, 0.15) is 6.10 Å². The molecule has 0 spiro atoms. The number of hydrogen-bond donors (Lipinski definition) is 5. The number of nitrogen functional groups attached to an aromatic ring is 1. The van der Waals surface area contributed by atoms with E-state index in [1.807, 2.05) is 6.92 Å². The number of aliphatic hydroxyl groups excluding tert-OH is 1. The fraction of sp³-hybridized carbons (Fsp3) is 0.556. The Labute approximate surface area is 283 Å². The molecule has 12 heteroatoms. The summed E-state index contributed by atoms with van der Waals surface area (Å²) in [7, 11) is 1.74. The van der Waals surface area contributed by atoms with E-state index in [1.165, 1.54) is 6.42 Å². The van der Waals surface area contributed by atoms with Crippen molar-refractivity contribution in [2.24, 2.45) is 5.92 Å². The maximum Gasteiger partial charge on any atom is 0.317 e. The van der Waals surface area contributed by atoms with Crippen molar-refractivity contribution >= 4 is 40.8 Å². The molecule has 2 aromatic rings. The monoisotopic (exact) mass is 664 g/mol. The number of nitrogens with zero attached hydrogens (tertiary/aromatic N) is 2. The maximum atomic E-state index is 13.8. The average Bonchev–Trinajstić information content (AvgIpc) is 3.07. The Morgan fingerprint density at radius 2 is 1.62 bits per heavy atom. The minimum Gasteiger partial charge on any atom is -0.485 e. The molecule has 1 aliphatic carbocycles. The van der Waals surface area contributed by atoms with Gasteiger partial charge in [0.25, 0.3) is 5.91 Å². The summed E-state index contributed by atoms with van der Waals surface area (Å²) >= 11 is 0. The molecule has 4 rings (SSSR count). The number of para-hydroxylation sites is 3. The summed E-state index contributed by atoms with van der Waals surface area (Å²) in [5.74, 6) is -0.614. The van der Waals surface area contributed by atoms with E-state index < -0.39 is 12.1 Å². The lowest BCUT2D eigenvalue weighted by molar-refractivity contribution is -0.116. The molecule has 5 amide bonds. The Morgan fingerprint density at radius 3 is 2.29 bits per heavy atom. The van der Waals surface area contributed by atoms with Gasteiger partial charge in [0, 0.05) is 38.4 Å². The molecule has 1 heterocycles. The summed E-state index contributed by atoms with van der Waals surface area (Å²) in [5, 5.41) is 18.9. The molecule has 1 fully saturated rings. The summed E-state index contributed by atoms with van der Waals surface area (Å²) in [6, 6.07) is 11.7. The first-order chi connectivity index (χ1) is 23.1. The van der Waals surface area contributed by atoms with E-state index in [-0.39, 0.29) is 66.6 Å². The third-order valence-electron chi connectivity index (χ3n) is 9.24. The molecule has 0 aromatic heterocycles. The zero-order valence-corrected chi connectivity index (χ0v) is 28.5. The van der Waals surface area contributed by atoms with Crippen LogP contribution in [0.5, 0.6) is 5.75 Å². The summed E-state index contributed by atoms with van der Waals surface area (Å²) in [5.41, 5.74) is 7.64. The highest BCUT2D eigenvalue weighted by Crippen LogP contribution is 2.35. The summed E-state index contributed by atoms with van der Waals surface area (Å²) in [6.45, 7) is 4.14. The predicted molar refractivity (Wildman–Crippen MR) is 187 cm³/mol. The fourth-order valence-corrected chi connectivity index (χ4v) is 6.23. The van der Waals surface area contributed by atoms with E-state index in [0.29, 0.717) is 49.3 Å². The van der Waals surface area contributed by atoms with Crippen LogP contribution < -0.4 is 26.4 Å². The van der Waals surface area contributed by atoms with Crippen molar-refractivity contribution in [3.8, 4) is 5.75 Å². The maximum absolute atomic E-state index is 13.8. The van der Waals surface area contributed by atoms with Gasteiger partial charge >= 0.3 is 6.03 Å². The summed E-state index contributed by atoms with van der Waals surface area (Å²) in [4.78, 5) is 55.6. The van der Waals surface area contributed by atoms with Crippen LogP contribution in [0.4, 0.5) is 21.9 Å². The number of urea groups is 1. The highest BCUT2D eigenvalue weighted by atomic mass is 16.5. The van der Waals surface area contributed by atoms with Crippen molar-refractivity contribution in [3.63, 3.8) is 0 Å². The molecule has 6 N–H and O–H groups in total. The molecule has 2 aliphatic rings. The fourth-order valence-electron chi connectivity index (χ4n) is 6.23. The molecule has 0 bridgehead atoms. The number of rotatable bonds is 13. The summed E-state index contributed by atoms with van der Waals surface area (Å²) < 4.78 is 6.55. The molecule has 3 atom stereocenters. The van der Waals surface area contributed by atoms with Crippen LogP contribution in [0.15, 0.2) is 42.5 Å². The number of nitrogens with two attached hydrogens (primary N) is 1. The summed E-state index contributed by atoms with van der Waals surface area (Å²) in [6.07, 6.45) is 7.26. The normalized spacial score (nSPS) is 18.8. The average molecular weight is 665 g/mol. The number of benzene rings is 2. The Kier molecular flexibility index (Phi) is 13.5. The van der Waals surface area contributed by atoms with Gasteiger partial charge < -0.3 is 41.3 Å². The third kappa shape index (κ3) is 10.1. The smallest absolute Gasteiger partial charge is 0.317 e. The second-order valence-corrected chi connectivity index (χ2v) is 13.2. The van der Waals surface area contributed by atoms with E-state index in [4.69, 9.17) is 10.5 Å². The van der Waals surface area contributed by atoms with Crippen molar-refractivity contribution in [1.82, 2.24) is 15.1 Å². The first-order valence-corrected chi connectivity index (χ1v) is 17.2. The minimum atomic E-state index is -0.497. The van der Waals surface area contributed by atoms with Gasteiger partial charge in [-0.05, 0) is 56.9 Å². The van der Waals surface area contributed by atoms with Gasteiger partial charge in [-0.2, -0.15) is 0 Å². The first-order valence-electron chi connectivity index (χ1n) is 17.2. The molecule has 0 unspecified atom stereocenters. The van der Waals surface area contributed by atoms with Crippen molar-refractivity contribution in [2.75, 3.05) is 43.1 Å². The lowest BCUT2D eigenvalue weighted by Gasteiger charge is -2.38. The van der Waals surface area contributed by atoms with Crippen molar-refractivity contribution < 1.29 is 29.0 Å². The number of nitrogens with one attached hydrogen (secondary N) is 3. The van der Waals surface area contributed by atoms with E-state index in [9.17, 15) is 24.3 Å². The lowest BCUT2D eigenvalue weighted by Crippen LogP contribution is -2.52. The minimum absolute atomic E-state index is 0.132. The van der Waals surface area contributed by atoms with Gasteiger partial charge in [0.15, 0.2) is 5.75 Å². The Morgan fingerprint density at radius 1 is 0.979 bits per heavy atom. The van der Waals surface area contributed by atoms with Crippen LogP contribution in [0.25, 0.3) is 0 Å². The second kappa shape index (κ2) is 17.7. The van der Waals surface area contributed by atoms with Crippen molar-refractivity contribution in [1.29, 1.82) is 0 Å². The van der Waals surface area contributed by atoms with Gasteiger partial charge in [0.05, 0.1) is 41.8 Å². The molecule has 48 heavy (non-hydrogen) atoms. The largest absolute Gasteiger partial charge is 0.485 e. The second-order valence-electron chi connectivity index (χ2n) is 13.2. The lowest BCUT2D eigenvalue weighted by atomic mass is 9.96. The van der Waals surface area contributed by atoms with Crippen LogP contribution in [0.2, 0.25) is 0 Å². The number of carbonyl (C=O) groups excluding carboxylic acids is 4. The van der Waals surface area contributed by atoms with Gasteiger partial charge in [-0.25, -0.2) is 4.79 Å². The molecular weight excluding hydrogens is 612 g/mol. The van der Waals surface area contributed by atoms with Crippen LogP contribution in [0.1, 0.15) is 88.4 Å². The highest BCUT2D eigenvalue weighted by molar-refractivity contribution is 6.01. The molecule has 2 aromatic carbocycles. The van der Waals surface area contributed by atoms with Crippen molar-refractivity contribution in [3.05, 3.63) is 48.0 Å². The number of ether oxygens (including phenoxy) is 1. The molecule has 1 aliphatic heterocycles. The number of amides is 5. The molecule has 1 saturated carbocycles. The zero-order valence-electron chi connectivity index (χ0n) is 28.5. The van der Waals surface area contributed by atoms with E-state index in [1.54, 1.807) is 66.2 Å². The zero-order chi connectivity index (χ0) is 34.6. The number of aliphatic hydroxyl groups is 1. The van der Waals surface area contributed by atoms with Crippen LogP contribution in [-0.4, -0.2) is 83.6 Å². The molecule has 12 nitrogen and oxygen atoms in total. The molecule has 0 radical (unpaired) electrons. The van der Waals surface area contributed by atoms with Crippen LogP contribution >= 0.6 is 0 Å². The molecule has 0 saturated heterocycles.